The summed E-state index contributed by atoms with van der Waals surface area (Å²) in [6.45, 7) is 1.99. The smallest absolute Gasteiger partial charge is 0.255 e. The third-order valence-corrected chi connectivity index (χ3v) is 6.22. The third-order valence-electron chi connectivity index (χ3n) is 4.68. The average molecular weight is 424 g/mol. The highest BCUT2D eigenvalue weighted by Gasteiger charge is 2.20. The zero-order valence-corrected chi connectivity index (χ0v) is 17.0. The highest BCUT2D eigenvalue weighted by Crippen LogP contribution is 2.34. The first-order valence-corrected chi connectivity index (χ1v) is 10.8. The van der Waals surface area contributed by atoms with E-state index in [-0.39, 0.29) is 23.8 Å². The van der Waals surface area contributed by atoms with Gasteiger partial charge in [0.25, 0.3) is 5.91 Å². The fraction of sp³-hybridized carbons (Fsp3) is 0.136. The van der Waals surface area contributed by atoms with Crippen LogP contribution in [0.4, 0.5) is 5.69 Å². The van der Waals surface area contributed by atoms with Crippen LogP contribution in [-0.2, 0) is 16.6 Å². The molecule has 4 rings (SSSR count). The molecule has 3 aromatic rings. The van der Waals surface area contributed by atoms with Gasteiger partial charge < -0.3 is 14.8 Å². The van der Waals surface area contributed by atoms with E-state index in [1.807, 2.05) is 30.3 Å². The van der Waals surface area contributed by atoms with Gasteiger partial charge in [0.2, 0.25) is 16.8 Å². The lowest BCUT2D eigenvalue weighted by atomic mass is 10.1. The Balaban J connectivity index is 1.52. The molecule has 154 valence electrons. The molecule has 0 radical (unpaired) electrons. The van der Waals surface area contributed by atoms with Crippen molar-refractivity contribution in [1.82, 2.24) is 4.72 Å². The van der Waals surface area contributed by atoms with Crippen molar-refractivity contribution in [3.63, 3.8) is 0 Å². The maximum absolute atomic E-state index is 12.8. The second kappa shape index (κ2) is 8.17. The summed E-state index contributed by atoms with van der Waals surface area (Å²) in [4.78, 5) is 12.8. The minimum atomic E-state index is -3.79. The molecule has 0 bridgehead atoms. The van der Waals surface area contributed by atoms with E-state index in [1.54, 1.807) is 37.3 Å². The Morgan fingerprint density at radius 3 is 2.53 bits per heavy atom. The van der Waals surface area contributed by atoms with Crippen molar-refractivity contribution in [1.29, 1.82) is 0 Å². The Kier molecular flexibility index (Phi) is 5.43. The van der Waals surface area contributed by atoms with Crippen molar-refractivity contribution in [2.24, 2.45) is 0 Å². The van der Waals surface area contributed by atoms with Crippen LogP contribution >= 0.6 is 0 Å². The average Bonchev–Trinajstić information content (AvgIpc) is 3.21. The van der Waals surface area contributed by atoms with Gasteiger partial charge in [-0.25, -0.2) is 13.1 Å². The van der Waals surface area contributed by atoms with Crippen molar-refractivity contribution in [3.8, 4) is 11.5 Å². The lowest BCUT2D eigenvalue weighted by Crippen LogP contribution is -2.24. The maximum atomic E-state index is 12.8. The zero-order chi connectivity index (χ0) is 21.1. The van der Waals surface area contributed by atoms with E-state index in [0.29, 0.717) is 22.7 Å². The molecule has 2 N–H and O–H groups in total. The largest absolute Gasteiger partial charge is 0.454 e. The van der Waals surface area contributed by atoms with Crippen LogP contribution in [0.25, 0.3) is 0 Å². The molecule has 0 fully saturated rings. The molecule has 0 spiro atoms. The molecule has 1 aliphatic heterocycles. The summed E-state index contributed by atoms with van der Waals surface area (Å²) in [5, 5.41) is 2.75. The lowest BCUT2D eigenvalue weighted by molar-refractivity contribution is 0.102. The lowest BCUT2D eigenvalue weighted by Gasteiger charge is -2.12. The van der Waals surface area contributed by atoms with E-state index >= 15 is 0 Å². The number of fused-ring (bicyclic) bond motifs is 1. The Morgan fingerprint density at radius 2 is 1.73 bits per heavy atom. The van der Waals surface area contributed by atoms with Gasteiger partial charge in [-0.1, -0.05) is 36.4 Å². The fourth-order valence-electron chi connectivity index (χ4n) is 3.06. The molecule has 0 aliphatic carbocycles. The monoisotopic (exact) mass is 424 g/mol. The number of sulfonamides is 1. The van der Waals surface area contributed by atoms with E-state index in [9.17, 15) is 13.2 Å². The van der Waals surface area contributed by atoms with Gasteiger partial charge in [-0.05, 0) is 42.3 Å². The second-order valence-corrected chi connectivity index (χ2v) is 8.55. The van der Waals surface area contributed by atoms with Crippen molar-refractivity contribution in [3.05, 3.63) is 83.4 Å². The second-order valence-electron chi connectivity index (χ2n) is 6.81. The first kappa shape index (κ1) is 19.9. The number of carbonyl (C=O) groups excluding carboxylic acids is 1. The molecule has 0 saturated heterocycles. The van der Waals surface area contributed by atoms with Gasteiger partial charge in [0.15, 0.2) is 11.5 Å². The maximum Gasteiger partial charge on any atom is 0.255 e. The molecule has 30 heavy (non-hydrogen) atoms. The Labute approximate surface area is 174 Å². The van der Waals surface area contributed by atoms with Crippen LogP contribution < -0.4 is 19.5 Å². The molecule has 1 heterocycles. The molecule has 8 heteroatoms. The van der Waals surface area contributed by atoms with Gasteiger partial charge in [-0.15, -0.1) is 0 Å². The number of benzene rings is 3. The number of amides is 1. The van der Waals surface area contributed by atoms with Crippen LogP contribution in [0.15, 0.2) is 71.6 Å². The summed E-state index contributed by atoms with van der Waals surface area (Å²) in [7, 11) is -3.79. The van der Waals surface area contributed by atoms with Crippen LogP contribution in [0.1, 0.15) is 21.5 Å². The standard InChI is InChI=1S/C22H20N2O5S/c1-15-7-8-17(22(25)24-18-9-10-19-20(12-18)29-14-28-19)11-21(15)30(26,27)23-13-16-5-3-2-4-6-16/h2-12,23H,13-14H2,1H3,(H,24,25). The predicted octanol–water partition coefficient (Wildman–Crippen LogP) is 3.45. The normalized spacial score (nSPS) is 12.6. The van der Waals surface area contributed by atoms with Crippen molar-refractivity contribution >= 4 is 21.6 Å². The van der Waals surface area contributed by atoms with E-state index in [1.165, 1.54) is 6.07 Å². The molecule has 7 nitrogen and oxygen atoms in total. The van der Waals surface area contributed by atoms with E-state index in [4.69, 9.17) is 9.47 Å². The summed E-state index contributed by atoms with van der Waals surface area (Å²) in [5.74, 6) is 0.736. The molecule has 0 saturated carbocycles. The van der Waals surface area contributed by atoms with Gasteiger partial charge in [0.05, 0.1) is 4.90 Å². The molecular formula is C22H20N2O5S. The number of hydrogen-bond acceptors (Lipinski definition) is 5. The first-order valence-electron chi connectivity index (χ1n) is 9.28. The molecular weight excluding hydrogens is 404 g/mol. The number of hydrogen-bond donors (Lipinski definition) is 2. The van der Waals surface area contributed by atoms with Gasteiger partial charge in [0.1, 0.15) is 0 Å². The number of carbonyl (C=O) groups is 1. The highest BCUT2D eigenvalue weighted by molar-refractivity contribution is 7.89. The molecule has 0 atom stereocenters. The van der Waals surface area contributed by atoms with Crippen molar-refractivity contribution in [2.45, 2.75) is 18.4 Å². The zero-order valence-electron chi connectivity index (χ0n) is 16.2. The Morgan fingerprint density at radius 1 is 0.967 bits per heavy atom. The number of anilines is 1. The summed E-state index contributed by atoms with van der Waals surface area (Å²) in [6, 6.07) is 18.9. The Hall–Kier alpha value is -3.36. The fourth-order valence-corrected chi connectivity index (χ4v) is 4.35. The van der Waals surface area contributed by atoms with Crippen LogP contribution in [0.5, 0.6) is 11.5 Å². The number of nitrogens with one attached hydrogen (secondary N) is 2. The van der Waals surface area contributed by atoms with Crippen molar-refractivity contribution < 1.29 is 22.7 Å². The van der Waals surface area contributed by atoms with Crippen LogP contribution in [0.3, 0.4) is 0 Å². The summed E-state index contributed by atoms with van der Waals surface area (Å²) < 4.78 is 38.8. The SMILES string of the molecule is Cc1ccc(C(=O)Nc2ccc3c(c2)OCO3)cc1S(=O)(=O)NCc1ccccc1. The summed E-state index contributed by atoms with van der Waals surface area (Å²) in [6.07, 6.45) is 0. The number of ether oxygens (including phenoxy) is 2. The quantitative estimate of drug-likeness (QED) is 0.632. The summed E-state index contributed by atoms with van der Waals surface area (Å²) >= 11 is 0. The van der Waals surface area contributed by atoms with Gasteiger partial charge in [-0.2, -0.15) is 0 Å². The van der Waals surface area contributed by atoms with Gasteiger partial charge in [0, 0.05) is 23.9 Å². The molecule has 3 aromatic carbocycles. The van der Waals surface area contributed by atoms with Crippen LogP contribution in [-0.4, -0.2) is 21.1 Å². The minimum absolute atomic E-state index is 0.0665. The topological polar surface area (TPSA) is 93.7 Å². The van der Waals surface area contributed by atoms with E-state index < -0.39 is 15.9 Å². The molecule has 1 amide bonds. The minimum Gasteiger partial charge on any atom is -0.454 e. The van der Waals surface area contributed by atoms with Gasteiger partial charge >= 0.3 is 0 Å². The summed E-state index contributed by atoms with van der Waals surface area (Å²) in [5.41, 5.74) is 2.15. The molecule has 1 aliphatic rings. The predicted molar refractivity (Wildman–Crippen MR) is 112 cm³/mol. The Bertz CT molecular complexity index is 1190. The third kappa shape index (κ3) is 4.29. The first-order chi connectivity index (χ1) is 14.4. The molecule has 0 unspecified atom stereocenters. The number of rotatable bonds is 6. The van der Waals surface area contributed by atoms with E-state index in [0.717, 1.165) is 5.56 Å². The van der Waals surface area contributed by atoms with Crippen LogP contribution in [0, 0.1) is 6.92 Å². The highest BCUT2D eigenvalue weighted by atomic mass is 32.2. The van der Waals surface area contributed by atoms with Crippen molar-refractivity contribution in [2.75, 3.05) is 12.1 Å². The van der Waals surface area contributed by atoms with Crippen LogP contribution in [0.2, 0.25) is 0 Å². The molecule has 0 aromatic heterocycles. The van der Waals surface area contributed by atoms with Gasteiger partial charge in [-0.3, -0.25) is 4.79 Å². The van der Waals surface area contributed by atoms with E-state index in [2.05, 4.69) is 10.0 Å². The number of aryl methyl sites for hydroxylation is 1.